The van der Waals surface area contributed by atoms with E-state index in [2.05, 4.69) is 13.0 Å². The average molecular weight is 197 g/mol. The van der Waals surface area contributed by atoms with E-state index in [0.717, 1.165) is 23.3 Å². The van der Waals surface area contributed by atoms with Crippen LogP contribution in [0.5, 0.6) is 0 Å². The van der Waals surface area contributed by atoms with E-state index in [-0.39, 0.29) is 5.22 Å². The summed E-state index contributed by atoms with van der Waals surface area (Å²) >= 11 is 0. The number of hydrogen-bond donors (Lipinski definition) is 0. The molecule has 0 radical (unpaired) electrons. The highest BCUT2D eigenvalue weighted by Gasteiger charge is 2.29. The van der Waals surface area contributed by atoms with E-state index in [9.17, 15) is 0 Å². The van der Waals surface area contributed by atoms with Gasteiger partial charge in [-0.15, -0.1) is 0 Å². The molecule has 0 aromatic carbocycles. The van der Waals surface area contributed by atoms with Crippen LogP contribution >= 0.6 is 0 Å². The van der Waals surface area contributed by atoms with Crippen molar-refractivity contribution >= 4 is 10.2 Å². The molecule has 0 N–H and O–H groups in total. The molecule has 3 heteroatoms. The molecular formula is C10H19NOSi. The lowest BCUT2D eigenvalue weighted by molar-refractivity contribution is -0.0305. The normalized spacial score (nSPS) is 31.1. The molecule has 1 saturated heterocycles. The molecule has 2 atom stereocenters. The topological polar surface area (TPSA) is 33.0 Å². The third-order valence-electron chi connectivity index (χ3n) is 2.77. The molecule has 0 saturated carbocycles. The lowest BCUT2D eigenvalue weighted by atomic mass is 9.95. The molecule has 1 aliphatic rings. The second kappa shape index (κ2) is 4.78. The lowest BCUT2D eigenvalue weighted by Crippen LogP contribution is -2.38. The smallest absolute Gasteiger partial charge is 0.0624 e. The Bertz CT molecular complexity index is 194. The molecule has 0 aliphatic carbocycles. The Morgan fingerprint density at radius 2 is 2.38 bits per heavy atom. The standard InChI is InChI=1S/C10H19NOSi/c1-9(4-6-11)8-10(13)5-2-3-7-12-10/h9H,2-5,7-8H2,1,13H3. The van der Waals surface area contributed by atoms with E-state index in [1.165, 1.54) is 19.3 Å². The largest absolute Gasteiger partial charge is 0.380 e. The van der Waals surface area contributed by atoms with Crippen molar-refractivity contribution in [3.05, 3.63) is 0 Å². The number of nitrogens with zero attached hydrogens (tertiary/aromatic N) is 1. The highest BCUT2D eigenvalue weighted by molar-refractivity contribution is 6.14. The van der Waals surface area contributed by atoms with Crippen LogP contribution in [0, 0.1) is 17.2 Å². The Labute approximate surface area is 83.7 Å². The summed E-state index contributed by atoms with van der Waals surface area (Å²) in [6.07, 6.45) is 5.51. The van der Waals surface area contributed by atoms with Gasteiger partial charge in [0.15, 0.2) is 0 Å². The van der Waals surface area contributed by atoms with Gasteiger partial charge in [-0.25, -0.2) is 0 Å². The maximum atomic E-state index is 8.57. The highest BCUT2D eigenvalue weighted by atomic mass is 28.1. The number of nitriles is 1. The molecule has 0 spiro atoms. The second-order valence-electron chi connectivity index (χ2n) is 4.43. The van der Waals surface area contributed by atoms with Gasteiger partial charge in [0.25, 0.3) is 0 Å². The third-order valence-corrected chi connectivity index (χ3v) is 3.97. The minimum absolute atomic E-state index is 0.189. The Morgan fingerprint density at radius 1 is 1.62 bits per heavy atom. The molecule has 1 heterocycles. The van der Waals surface area contributed by atoms with E-state index >= 15 is 0 Å². The molecule has 1 rings (SSSR count). The van der Waals surface area contributed by atoms with Crippen LogP contribution in [0.15, 0.2) is 0 Å². The van der Waals surface area contributed by atoms with Gasteiger partial charge >= 0.3 is 0 Å². The van der Waals surface area contributed by atoms with E-state index in [4.69, 9.17) is 10.00 Å². The fourth-order valence-electron chi connectivity index (χ4n) is 2.12. The molecule has 0 aromatic rings. The fourth-order valence-corrected chi connectivity index (χ4v) is 3.37. The van der Waals surface area contributed by atoms with Gasteiger partial charge in [0.05, 0.1) is 6.07 Å². The predicted octanol–water partition coefficient (Wildman–Crippen LogP) is 1.19. The van der Waals surface area contributed by atoms with Crippen LogP contribution in [-0.4, -0.2) is 22.1 Å². The first-order valence-corrected chi connectivity index (χ1v) is 6.17. The summed E-state index contributed by atoms with van der Waals surface area (Å²) in [6, 6.07) is 2.23. The van der Waals surface area contributed by atoms with Crippen molar-refractivity contribution in [2.75, 3.05) is 6.61 Å². The van der Waals surface area contributed by atoms with Crippen LogP contribution in [0.3, 0.4) is 0 Å². The zero-order valence-corrected chi connectivity index (χ0v) is 10.7. The van der Waals surface area contributed by atoms with Crippen LogP contribution in [0.4, 0.5) is 0 Å². The maximum absolute atomic E-state index is 8.57. The summed E-state index contributed by atoms with van der Waals surface area (Å²) in [7, 11) is 1.10. The molecule has 1 fully saturated rings. The summed E-state index contributed by atoms with van der Waals surface area (Å²) in [5, 5.41) is 8.76. The van der Waals surface area contributed by atoms with Crippen LogP contribution in [-0.2, 0) is 4.74 Å². The number of rotatable bonds is 3. The maximum Gasteiger partial charge on any atom is 0.0624 e. The molecule has 0 aromatic heterocycles. The first kappa shape index (κ1) is 10.7. The Hall–Kier alpha value is -0.333. The van der Waals surface area contributed by atoms with Gasteiger partial charge in [-0.2, -0.15) is 5.26 Å². The van der Waals surface area contributed by atoms with Crippen molar-refractivity contribution in [1.82, 2.24) is 0 Å². The number of ether oxygens (including phenoxy) is 1. The average Bonchev–Trinajstić information content (AvgIpc) is 2.04. The quantitative estimate of drug-likeness (QED) is 0.637. The SMILES string of the molecule is CC(CC#N)CC1([SiH3])CCCCO1. The molecule has 2 nitrogen and oxygen atoms in total. The van der Waals surface area contributed by atoms with Gasteiger partial charge in [0.1, 0.15) is 0 Å². The summed E-state index contributed by atoms with van der Waals surface area (Å²) in [6.45, 7) is 3.09. The van der Waals surface area contributed by atoms with Crippen LogP contribution in [0.25, 0.3) is 0 Å². The van der Waals surface area contributed by atoms with Crippen molar-refractivity contribution in [1.29, 1.82) is 5.26 Å². The molecule has 0 bridgehead atoms. The van der Waals surface area contributed by atoms with Gasteiger partial charge in [0, 0.05) is 28.5 Å². The fraction of sp³-hybridized carbons (Fsp3) is 0.900. The van der Waals surface area contributed by atoms with Gasteiger partial charge in [-0.05, 0) is 31.6 Å². The van der Waals surface area contributed by atoms with Crippen molar-refractivity contribution in [2.45, 2.75) is 44.3 Å². The van der Waals surface area contributed by atoms with Crippen molar-refractivity contribution in [2.24, 2.45) is 5.92 Å². The monoisotopic (exact) mass is 197 g/mol. The summed E-state index contributed by atoms with van der Waals surface area (Å²) in [5.74, 6) is 0.501. The zero-order chi connectivity index (χ0) is 9.73. The lowest BCUT2D eigenvalue weighted by Gasteiger charge is -2.35. The Morgan fingerprint density at radius 3 is 2.92 bits per heavy atom. The highest BCUT2D eigenvalue weighted by Crippen LogP contribution is 2.29. The molecule has 1 aliphatic heterocycles. The number of hydrogen-bond acceptors (Lipinski definition) is 2. The van der Waals surface area contributed by atoms with Crippen molar-refractivity contribution in [3.63, 3.8) is 0 Å². The van der Waals surface area contributed by atoms with E-state index in [0.29, 0.717) is 12.3 Å². The molecular weight excluding hydrogens is 178 g/mol. The van der Waals surface area contributed by atoms with E-state index < -0.39 is 0 Å². The van der Waals surface area contributed by atoms with Crippen LogP contribution in [0.2, 0.25) is 0 Å². The predicted molar refractivity (Wildman–Crippen MR) is 56.5 cm³/mol. The minimum Gasteiger partial charge on any atom is -0.380 e. The molecule has 74 valence electrons. The molecule has 13 heavy (non-hydrogen) atoms. The Balaban J connectivity index is 2.36. The summed E-state index contributed by atoms with van der Waals surface area (Å²) in [4.78, 5) is 0. The van der Waals surface area contributed by atoms with Gasteiger partial charge < -0.3 is 4.74 Å². The second-order valence-corrected chi connectivity index (χ2v) is 6.25. The Kier molecular flexibility index (Phi) is 3.95. The zero-order valence-electron chi connectivity index (χ0n) is 8.68. The van der Waals surface area contributed by atoms with E-state index in [1.807, 2.05) is 0 Å². The summed E-state index contributed by atoms with van der Waals surface area (Å²) in [5.41, 5.74) is 0. The summed E-state index contributed by atoms with van der Waals surface area (Å²) < 4.78 is 5.83. The first-order chi connectivity index (χ1) is 6.16. The van der Waals surface area contributed by atoms with Gasteiger partial charge in [0.2, 0.25) is 0 Å². The van der Waals surface area contributed by atoms with Gasteiger partial charge in [-0.3, -0.25) is 0 Å². The van der Waals surface area contributed by atoms with Crippen LogP contribution < -0.4 is 0 Å². The molecule has 2 unspecified atom stereocenters. The van der Waals surface area contributed by atoms with E-state index in [1.54, 1.807) is 0 Å². The molecule has 0 amide bonds. The van der Waals surface area contributed by atoms with Crippen molar-refractivity contribution in [3.8, 4) is 6.07 Å². The van der Waals surface area contributed by atoms with Crippen LogP contribution in [0.1, 0.15) is 39.0 Å². The van der Waals surface area contributed by atoms with Crippen molar-refractivity contribution < 1.29 is 4.74 Å². The first-order valence-electron chi connectivity index (χ1n) is 5.17. The van der Waals surface area contributed by atoms with Gasteiger partial charge in [-0.1, -0.05) is 6.92 Å². The third kappa shape index (κ3) is 3.49. The minimum atomic E-state index is 0.189.